The first-order valence-corrected chi connectivity index (χ1v) is 6.15. The fourth-order valence-corrected chi connectivity index (χ4v) is 1.79. The van der Waals surface area contributed by atoms with Crippen molar-refractivity contribution < 1.29 is 5.11 Å². The van der Waals surface area contributed by atoms with Crippen LogP contribution in [0.5, 0.6) is 0 Å². The van der Waals surface area contributed by atoms with Gasteiger partial charge in [0, 0.05) is 11.1 Å². The van der Waals surface area contributed by atoms with E-state index in [9.17, 15) is 5.11 Å². The SMILES string of the molecule is C=C(C)C(O)(C#Cc1ccccc1)c1ccccc1. The summed E-state index contributed by atoms with van der Waals surface area (Å²) >= 11 is 0. The van der Waals surface area contributed by atoms with Crippen LogP contribution in [-0.2, 0) is 5.60 Å². The van der Waals surface area contributed by atoms with Crippen molar-refractivity contribution in [3.05, 3.63) is 83.9 Å². The van der Waals surface area contributed by atoms with Crippen molar-refractivity contribution in [2.75, 3.05) is 0 Å². The summed E-state index contributed by atoms with van der Waals surface area (Å²) in [6.45, 7) is 5.65. The Morgan fingerprint density at radius 2 is 1.53 bits per heavy atom. The first kappa shape index (κ1) is 13.1. The topological polar surface area (TPSA) is 20.2 Å². The zero-order valence-corrected chi connectivity index (χ0v) is 10.9. The molecule has 1 atom stereocenters. The van der Waals surface area contributed by atoms with Gasteiger partial charge in [-0.05, 0) is 24.6 Å². The highest BCUT2D eigenvalue weighted by molar-refractivity contribution is 5.44. The van der Waals surface area contributed by atoms with Crippen LogP contribution in [0.2, 0.25) is 0 Å². The van der Waals surface area contributed by atoms with E-state index < -0.39 is 5.60 Å². The molecule has 2 rings (SSSR count). The van der Waals surface area contributed by atoms with E-state index in [2.05, 4.69) is 18.4 Å². The third-order valence-electron chi connectivity index (χ3n) is 2.97. The molecule has 0 fully saturated rings. The van der Waals surface area contributed by atoms with Crippen molar-refractivity contribution in [1.29, 1.82) is 0 Å². The van der Waals surface area contributed by atoms with Gasteiger partial charge in [-0.25, -0.2) is 0 Å². The third-order valence-corrected chi connectivity index (χ3v) is 2.97. The second kappa shape index (κ2) is 5.56. The molecule has 0 aromatic heterocycles. The molecule has 0 saturated carbocycles. The summed E-state index contributed by atoms with van der Waals surface area (Å²) in [6.07, 6.45) is 0. The van der Waals surface area contributed by atoms with Crippen LogP contribution in [0.1, 0.15) is 18.1 Å². The molecule has 0 spiro atoms. The van der Waals surface area contributed by atoms with E-state index in [-0.39, 0.29) is 0 Å². The highest BCUT2D eigenvalue weighted by atomic mass is 16.3. The van der Waals surface area contributed by atoms with Gasteiger partial charge in [0.05, 0.1) is 0 Å². The van der Waals surface area contributed by atoms with Crippen molar-refractivity contribution in [1.82, 2.24) is 0 Å². The standard InChI is InChI=1S/C18H16O/c1-15(2)18(19,17-11-7-4-8-12-17)14-13-16-9-5-3-6-10-16/h3-12,19H,1H2,2H3. The van der Waals surface area contributed by atoms with Gasteiger partial charge in [0.15, 0.2) is 5.60 Å². The van der Waals surface area contributed by atoms with Gasteiger partial charge in [0.1, 0.15) is 0 Å². The Morgan fingerprint density at radius 1 is 1.00 bits per heavy atom. The molecular weight excluding hydrogens is 232 g/mol. The smallest absolute Gasteiger partial charge is 0.172 e. The van der Waals surface area contributed by atoms with Crippen LogP contribution in [0.3, 0.4) is 0 Å². The molecule has 0 aliphatic rings. The summed E-state index contributed by atoms with van der Waals surface area (Å²) in [5.41, 5.74) is 0.920. The Morgan fingerprint density at radius 3 is 2.05 bits per heavy atom. The average molecular weight is 248 g/mol. The summed E-state index contributed by atoms with van der Waals surface area (Å²) in [4.78, 5) is 0. The van der Waals surface area contributed by atoms with Crippen LogP contribution >= 0.6 is 0 Å². The van der Waals surface area contributed by atoms with Crippen LogP contribution in [-0.4, -0.2) is 5.11 Å². The van der Waals surface area contributed by atoms with Crippen LogP contribution < -0.4 is 0 Å². The maximum absolute atomic E-state index is 10.7. The quantitative estimate of drug-likeness (QED) is 0.637. The fraction of sp³-hybridized carbons (Fsp3) is 0.111. The Kier molecular flexibility index (Phi) is 3.85. The van der Waals surface area contributed by atoms with E-state index >= 15 is 0 Å². The second-order valence-electron chi connectivity index (χ2n) is 4.47. The zero-order valence-electron chi connectivity index (χ0n) is 10.9. The molecule has 0 aliphatic heterocycles. The van der Waals surface area contributed by atoms with Crippen LogP contribution in [0.4, 0.5) is 0 Å². The molecule has 0 amide bonds. The zero-order chi connectivity index (χ0) is 13.7. The fourth-order valence-electron chi connectivity index (χ4n) is 1.79. The first-order valence-electron chi connectivity index (χ1n) is 6.15. The summed E-state index contributed by atoms with van der Waals surface area (Å²) in [5, 5.41) is 10.7. The Bertz CT molecular complexity index is 617. The number of hydrogen-bond acceptors (Lipinski definition) is 1. The molecular formula is C18H16O. The second-order valence-corrected chi connectivity index (χ2v) is 4.47. The van der Waals surface area contributed by atoms with Gasteiger partial charge in [-0.3, -0.25) is 0 Å². The lowest BCUT2D eigenvalue weighted by molar-refractivity contribution is 0.141. The average Bonchev–Trinajstić information content (AvgIpc) is 2.46. The Balaban J connectivity index is 2.43. The van der Waals surface area contributed by atoms with E-state index in [1.54, 1.807) is 6.92 Å². The van der Waals surface area contributed by atoms with E-state index in [1.807, 2.05) is 60.7 Å². The third kappa shape index (κ3) is 2.93. The van der Waals surface area contributed by atoms with Crippen LogP contribution in [0.25, 0.3) is 0 Å². The van der Waals surface area contributed by atoms with E-state index in [0.717, 1.165) is 11.1 Å². The number of hydrogen-bond donors (Lipinski definition) is 1. The predicted octanol–water partition coefficient (Wildman–Crippen LogP) is 3.50. The number of rotatable bonds is 2. The molecule has 1 nitrogen and oxygen atoms in total. The van der Waals surface area contributed by atoms with Gasteiger partial charge < -0.3 is 5.11 Å². The van der Waals surface area contributed by atoms with Crippen molar-refractivity contribution in [2.45, 2.75) is 12.5 Å². The Hall–Kier alpha value is -2.30. The number of aliphatic hydroxyl groups is 1. The lowest BCUT2D eigenvalue weighted by Gasteiger charge is -2.23. The van der Waals surface area contributed by atoms with E-state index in [4.69, 9.17) is 0 Å². The van der Waals surface area contributed by atoms with Crippen molar-refractivity contribution in [3.8, 4) is 11.8 Å². The summed E-state index contributed by atoms with van der Waals surface area (Å²) in [5.74, 6) is 5.94. The van der Waals surface area contributed by atoms with Crippen molar-refractivity contribution >= 4 is 0 Å². The molecule has 0 bridgehead atoms. The van der Waals surface area contributed by atoms with Gasteiger partial charge in [0.25, 0.3) is 0 Å². The molecule has 1 N–H and O–H groups in total. The van der Waals surface area contributed by atoms with Gasteiger partial charge in [0.2, 0.25) is 0 Å². The molecule has 1 unspecified atom stereocenters. The number of benzene rings is 2. The van der Waals surface area contributed by atoms with Crippen molar-refractivity contribution in [3.63, 3.8) is 0 Å². The summed E-state index contributed by atoms with van der Waals surface area (Å²) in [7, 11) is 0. The first-order chi connectivity index (χ1) is 9.13. The molecule has 0 saturated heterocycles. The van der Waals surface area contributed by atoms with Crippen molar-refractivity contribution in [2.24, 2.45) is 0 Å². The largest absolute Gasteiger partial charge is 0.370 e. The van der Waals surface area contributed by atoms with Gasteiger partial charge in [-0.15, -0.1) is 0 Å². The van der Waals surface area contributed by atoms with Gasteiger partial charge in [-0.1, -0.05) is 67.0 Å². The van der Waals surface area contributed by atoms with Crippen LogP contribution in [0, 0.1) is 11.8 Å². The lowest BCUT2D eigenvalue weighted by atomic mass is 9.88. The minimum atomic E-state index is -1.31. The summed E-state index contributed by atoms with van der Waals surface area (Å²) < 4.78 is 0. The molecule has 94 valence electrons. The predicted molar refractivity (Wildman–Crippen MR) is 78.5 cm³/mol. The monoisotopic (exact) mass is 248 g/mol. The van der Waals surface area contributed by atoms with E-state index in [1.165, 1.54) is 0 Å². The molecule has 2 aromatic rings. The minimum Gasteiger partial charge on any atom is -0.370 e. The molecule has 19 heavy (non-hydrogen) atoms. The maximum atomic E-state index is 10.7. The highest BCUT2D eigenvalue weighted by Gasteiger charge is 2.27. The van der Waals surface area contributed by atoms with Gasteiger partial charge in [-0.2, -0.15) is 0 Å². The highest BCUT2D eigenvalue weighted by Crippen LogP contribution is 2.27. The molecule has 0 aliphatic carbocycles. The minimum absolute atomic E-state index is 0.613. The molecule has 0 radical (unpaired) electrons. The normalized spacial score (nSPS) is 12.9. The Labute approximate surface area is 114 Å². The van der Waals surface area contributed by atoms with E-state index in [0.29, 0.717) is 5.57 Å². The van der Waals surface area contributed by atoms with Crippen LogP contribution in [0.15, 0.2) is 72.8 Å². The lowest BCUT2D eigenvalue weighted by Crippen LogP contribution is -2.24. The molecule has 0 heterocycles. The molecule has 2 aromatic carbocycles. The molecule has 1 heteroatoms. The van der Waals surface area contributed by atoms with Gasteiger partial charge >= 0.3 is 0 Å². The summed E-state index contributed by atoms with van der Waals surface area (Å²) in [6, 6.07) is 19.0. The maximum Gasteiger partial charge on any atom is 0.172 e.